The Labute approximate surface area is 110 Å². The van der Waals surface area contributed by atoms with Crippen molar-refractivity contribution in [3.63, 3.8) is 0 Å². The van der Waals surface area contributed by atoms with Gasteiger partial charge in [-0.1, -0.05) is 23.7 Å². The number of rotatable bonds is 3. The maximum atomic E-state index is 12.1. The summed E-state index contributed by atoms with van der Waals surface area (Å²) in [4.78, 5) is 3.79. The number of benzene rings is 1. The van der Waals surface area contributed by atoms with Crippen LogP contribution in [0.3, 0.4) is 0 Å². The smallest absolute Gasteiger partial charge is 0.264 e. The lowest BCUT2D eigenvalue weighted by atomic mass is 10.3. The van der Waals surface area contributed by atoms with E-state index in [0.717, 1.165) is 0 Å². The minimum absolute atomic E-state index is 0.00456. The average Bonchev–Trinajstić information content (AvgIpc) is 2.32. The van der Waals surface area contributed by atoms with Crippen molar-refractivity contribution in [3.05, 3.63) is 47.7 Å². The molecule has 0 spiro atoms. The summed E-state index contributed by atoms with van der Waals surface area (Å²) in [6.45, 7) is 0. The molecule has 2 rings (SSSR count). The van der Waals surface area contributed by atoms with Gasteiger partial charge in [0.15, 0.2) is 5.15 Å². The van der Waals surface area contributed by atoms with Gasteiger partial charge in [0.1, 0.15) is 4.90 Å². The number of nitrogens with one attached hydrogen (secondary N) is 1. The fourth-order valence-corrected chi connectivity index (χ4v) is 2.81. The molecule has 0 unspecified atom stereocenters. The predicted molar refractivity (Wildman–Crippen MR) is 70.9 cm³/mol. The standard InChI is InChI=1S/C11H10ClN3O2S/c12-11-9(5-3-7-14-11)15-18(16,17)10-6-2-1-4-8(10)13/h1-7,15H,13H2. The van der Waals surface area contributed by atoms with Crippen LogP contribution in [0, 0.1) is 0 Å². The van der Waals surface area contributed by atoms with Gasteiger partial charge in [-0.25, -0.2) is 13.4 Å². The Hall–Kier alpha value is -1.79. The molecule has 1 aromatic carbocycles. The Bertz CT molecular complexity index is 673. The third kappa shape index (κ3) is 2.55. The van der Waals surface area contributed by atoms with E-state index in [1.807, 2.05) is 0 Å². The summed E-state index contributed by atoms with van der Waals surface area (Å²) in [6.07, 6.45) is 1.47. The molecule has 0 saturated carbocycles. The van der Waals surface area contributed by atoms with Crippen molar-refractivity contribution in [2.75, 3.05) is 10.5 Å². The largest absolute Gasteiger partial charge is 0.398 e. The van der Waals surface area contributed by atoms with Crippen LogP contribution in [0.15, 0.2) is 47.5 Å². The van der Waals surface area contributed by atoms with Crippen LogP contribution in [0.2, 0.25) is 5.15 Å². The summed E-state index contributed by atoms with van der Waals surface area (Å²) in [5, 5.41) is 0.0792. The van der Waals surface area contributed by atoms with Crippen molar-refractivity contribution in [1.82, 2.24) is 4.98 Å². The van der Waals surface area contributed by atoms with Gasteiger partial charge in [-0.05, 0) is 24.3 Å². The molecule has 18 heavy (non-hydrogen) atoms. The number of aromatic nitrogens is 1. The normalized spacial score (nSPS) is 11.2. The van der Waals surface area contributed by atoms with E-state index in [9.17, 15) is 8.42 Å². The maximum Gasteiger partial charge on any atom is 0.264 e. The molecule has 94 valence electrons. The summed E-state index contributed by atoms with van der Waals surface area (Å²) in [6, 6.07) is 9.28. The number of hydrogen-bond acceptors (Lipinski definition) is 4. The second-order valence-corrected chi connectivity index (χ2v) is 5.49. The Morgan fingerprint density at radius 1 is 1.17 bits per heavy atom. The molecule has 1 aromatic heterocycles. The monoisotopic (exact) mass is 283 g/mol. The van der Waals surface area contributed by atoms with Crippen LogP contribution in [-0.2, 0) is 10.0 Å². The van der Waals surface area contributed by atoms with Crippen molar-refractivity contribution < 1.29 is 8.42 Å². The van der Waals surface area contributed by atoms with Crippen LogP contribution < -0.4 is 10.5 Å². The molecule has 0 fully saturated rings. The molecule has 0 aliphatic rings. The zero-order chi connectivity index (χ0) is 13.2. The third-order valence-corrected chi connectivity index (χ3v) is 3.95. The van der Waals surface area contributed by atoms with Gasteiger partial charge in [0.05, 0.1) is 11.4 Å². The molecule has 0 atom stereocenters. The predicted octanol–water partition coefficient (Wildman–Crippen LogP) is 2.12. The summed E-state index contributed by atoms with van der Waals surface area (Å²) in [7, 11) is -3.77. The van der Waals surface area contributed by atoms with Crippen LogP contribution >= 0.6 is 11.6 Å². The highest BCUT2D eigenvalue weighted by Gasteiger charge is 2.18. The van der Waals surface area contributed by atoms with Gasteiger partial charge in [-0.2, -0.15) is 0 Å². The van der Waals surface area contributed by atoms with Crippen molar-refractivity contribution >= 4 is 33.0 Å². The molecule has 0 saturated heterocycles. The summed E-state index contributed by atoms with van der Waals surface area (Å²) in [5.41, 5.74) is 6.01. The van der Waals surface area contributed by atoms with Crippen LogP contribution in [0.25, 0.3) is 0 Å². The number of halogens is 1. The Balaban J connectivity index is 2.40. The fraction of sp³-hybridized carbons (Fsp3) is 0. The lowest BCUT2D eigenvalue weighted by Gasteiger charge is -2.10. The van der Waals surface area contributed by atoms with Crippen LogP contribution in [0.4, 0.5) is 11.4 Å². The number of anilines is 2. The van der Waals surface area contributed by atoms with Crippen molar-refractivity contribution in [1.29, 1.82) is 0 Å². The highest BCUT2D eigenvalue weighted by Crippen LogP contribution is 2.24. The molecule has 3 N–H and O–H groups in total. The van der Waals surface area contributed by atoms with E-state index in [4.69, 9.17) is 17.3 Å². The first-order valence-corrected chi connectivity index (χ1v) is 6.84. The zero-order valence-electron chi connectivity index (χ0n) is 9.17. The van der Waals surface area contributed by atoms with E-state index in [1.165, 1.54) is 24.4 Å². The van der Waals surface area contributed by atoms with Crippen molar-refractivity contribution in [2.24, 2.45) is 0 Å². The zero-order valence-corrected chi connectivity index (χ0v) is 10.7. The lowest BCUT2D eigenvalue weighted by molar-refractivity contribution is 0.601. The van der Waals surface area contributed by atoms with E-state index >= 15 is 0 Å². The van der Waals surface area contributed by atoms with Gasteiger partial charge in [-0.3, -0.25) is 4.72 Å². The topological polar surface area (TPSA) is 85.1 Å². The minimum Gasteiger partial charge on any atom is -0.398 e. The molecule has 1 heterocycles. The first kappa shape index (κ1) is 12.7. The number of nitrogens with two attached hydrogens (primary N) is 1. The third-order valence-electron chi connectivity index (χ3n) is 2.21. The van der Waals surface area contributed by atoms with Gasteiger partial charge in [-0.15, -0.1) is 0 Å². The molecule has 0 aliphatic heterocycles. The maximum absolute atomic E-state index is 12.1. The van der Waals surface area contributed by atoms with Gasteiger partial charge in [0.25, 0.3) is 10.0 Å². The van der Waals surface area contributed by atoms with E-state index in [0.29, 0.717) is 0 Å². The summed E-state index contributed by atoms with van der Waals surface area (Å²) in [5.74, 6) is 0. The van der Waals surface area contributed by atoms with Crippen molar-refractivity contribution in [2.45, 2.75) is 4.90 Å². The number of nitrogen functional groups attached to an aromatic ring is 1. The molecule has 7 heteroatoms. The van der Waals surface area contributed by atoms with Crippen LogP contribution in [0.5, 0.6) is 0 Å². The second kappa shape index (κ2) is 4.83. The second-order valence-electron chi connectivity index (χ2n) is 3.49. The van der Waals surface area contributed by atoms with Crippen molar-refractivity contribution in [3.8, 4) is 0 Å². The first-order chi connectivity index (χ1) is 8.50. The quantitative estimate of drug-likeness (QED) is 0.667. The van der Waals surface area contributed by atoms with Gasteiger partial charge in [0, 0.05) is 6.20 Å². The Morgan fingerprint density at radius 3 is 2.56 bits per heavy atom. The number of pyridine rings is 1. The summed E-state index contributed by atoms with van der Waals surface area (Å²) >= 11 is 5.79. The SMILES string of the molecule is Nc1ccccc1S(=O)(=O)Nc1cccnc1Cl. The van der Waals surface area contributed by atoms with Gasteiger partial charge in [0.2, 0.25) is 0 Å². The lowest BCUT2D eigenvalue weighted by Crippen LogP contribution is -2.15. The number of sulfonamides is 1. The molecule has 0 bridgehead atoms. The van der Waals surface area contributed by atoms with E-state index in [2.05, 4.69) is 9.71 Å². The molecule has 5 nitrogen and oxygen atoms in total. The van der Waals surface area contributed by atoms with Gasteiger partial charge >= 0.3 is 0 Å². The van der Waals surface area contributed by atoms with E-state index in [1.54, 1.807) is 18.2 Å². The molecule has 0 aliphatic carbocycles. The highest BCUT2D eigenvalue weighted by molar-refractivity contribution is 7.92. The first-order valence-electron chi connectivity index (χ1n) is 4.98. The average molecular weight is 284 g/mol. The highest BCUT2D eigenvalue weighted by atomic mass is 35.5. The Kier molecular flexibility index (Phi) is 3.40. The number of nitrogens with zero attached hydrogens (tertiary/aromatic N) is 1. The summed E-state index contributed by atoms with van der Waals surface area (Å²) < 4.78 is 26.5. The molecule has 0 radical (unpaired) electrons. The van der Waals surface area contributed by atoms with Gasteiger partial charge < -0.3 is 5.73 Å². The van der Waals surface area contributed by atoms with Crippen LogP contribution in [-0.4, -0.2) is 13.4 Å². The molecule has 0 amide bonds. The van der Waals surface area contributed by atoms with E-state index in [-0.39, 0.29) is 21.4 Å². The number of hydrogen-bond donors (Lipinski definition) is 2. The Morgan fingerprint density at radius 2 is 1.89 bits per heavy atom. The molecule has 2 aromatic rings. The minimum atomic E-state index is -3.77. The number of para-hydroxylation sites is 1. The molecular formula is C11H10ClN3O2S. The fourth-order valence-electron chi connectivity index (χ4n) is 1.39. The van der Waals surface area contributed by atoms with Crippen LogP contribution in [0.1, 0.15) is 0 Å². The molecular weight excluding hydrogens is 274 g/mol. The van der Waals surface area contributed by atoms with E-state index < -0.39 is 10.0 Å².